The summed E-state index contributed by atoms with van der Waals surface area (Å²) in [5, 5.41) is 0.0251. The fourth-order valence-electron chi connectivity index (χ4n) is 1.48. The molecule has 0 aliphatic rings. The molecule has 0 aliphatic carbocycles. The van der Waals surface area contributed by atoms with Crippen molar-refractivity contribution in [2.75, 3.05) is 0 Å². The number of benzene rings is 1. The number of amides is 1. The second-order valence-corrected chi connectivity index (χ2v) is 4.26. The van der Waals surface area contributed by atoms with E-state index in [0.29, 0.717) is 11.4 Å². The Hall–Kier alpha value is -2.18. The van der Waals surface area contributed by atoms with Crippen LogP contribution in [-0.4, -0.2) is 10.9 Å². The fourth-order valence-corrected chi connectivity index (χ4v) is 1.60. The number of hydrogen-bond acceptors (Lipinski definition) is 4. The molecule has 5 nitrogen and oxygen atoms in total. The third kappa shape index (κ3) is 3.43. The highest BCUT2D eigenvalue weighted by molar-refractivity contribution is 6.30. The van der Waals surface area contributed by atoms with Crippen LogP contribution < -0.4 is 16.0 Å². The number of carbonyl (C=O) groups excluding carboxylic acids is 1. The summed E-state index contributed by atoms with van der Waals surface area (Å²) in [5.74, 6) is 4.29. The van der Waals surface area contributed by atoms with Gasteiger partial charge in [0.25, 0.3) is 5.91 Å². The van der Waals surface area contributed by atoms with Gasteiger partial charge in [-0.3, -0.25) is 10.2 Å². The molecule has 1 heterocycles. The van der Waals surface area contributed by atoms with Crippen LogP contribution in [0, 0.1) is 5.82 Å². The number of hydrazine groups is 1. The number of halogens is 2. The first-order chi connectivity index (χ1) is 9.60. The lowest BCUT2D eigenvalue weighted by Gasteiger charge is -2.07. The van der Waals surface area contributed by atoms with Crippen molar-refractivity contribution >= 4 is 17.5 Å². The van der Waals surface area contributed by atoms with Crippen LogP contribution in [0.15, 0.2) is 36.4 Å². The monoisotopic (exact) mass is 295 g/mol. The lowest BCUT2D eigenvalue weighted by atomic mass is 10.3. The van der Waals surface area contributed by atoms with Crippen molar-refractivity contribution in [2.24, 2.45) is 5.84 Å². The zero-order valence-electron chi connectivity index (χ0n) is 10.3. The third-order valence-corrected chi connectivity index (χ3v) is 2.75. The molecule has 0 radical (unpaired) electrons. The predicted octanol–water partition coefficient (Wildman–Crippen LogP) is 2.06. The van der Waals surface area contributed by atoms with E-state index in [9.17, 15) is 9.18 Å². The molecule has 0 aliphatic heterocycles. The summed E-state index contributed by atoms with van der Waals surface area (Å²) >= 11 is 5.57. The zero-order chi connectivity index (χ0) is 14.5. The third-order valence-electron chi connectivity index (χ3n) is 2.45. The molecular weight excluding hydrogens is 285 g/mol. The van der Waals surface area contributed by atoms with Gasteiger partial charge in [-0.2, -0.15) is 0 Å². The Morgan fingerprint density at radius 1 is 1.40 bits per heavy atom. The summed E-state index contributed by atoms with van der Waals surface area (Å²) in [6.45, 7) is 0.0900. The van der Waals surface area contributed by atoms with Gasteiger partial charge in [0.1, 0.15) is 23.9 Å². The second-order valence-electron chi connectivity index (χ2n) is 3.85. The molecule has 7 heteroatoms. The predicted molar refractivity (Wildman–Crippen MR) is 71.6 cm³/mol. The van der Waals surface area contributed by atoms with E-state index in [4.69, 9.17) is 22.2 Å². The number of hydrogen-bond donors (Lipinski definition) is 2. The van der Waals surface area contributed by atoms with E-state index >= 15 is 0 Å². The minimum Gasteiger partial charge on any atom is -0.487 e. The van der Waals surface area contributed by atoms with Crippen LogP contribution in [0.4, 0.5) is 4.39 Å². The van der Waals surface area contributed by atoms with E-state index in [-0.39, 0.29) is 17.3 Å². The van der Waals surface area contributed by atoms with Crippen LogP contribution in [0.3, 0.4) is 0 Å². The molecule has 2 aromatic rings. The van der Waals surface area contributed by atoms with Crippen LogP contribution in [0.2, 0.25) is 5.02 Å². The summed E-state index contributed by atoms with van der Waals surface area (Å²) in [5.41, 5.74) is 2.68. The van der Waals surface area contributed by atoms with Crippen LogP contribution in [0.1, 0.15) is 16.2 Å². The maximum atomic E-state index is 13.2. The summed E-state index contributed by atoms with van der Waals surface area (Å²) in [4.78, 5) is 15.4. The molecule has 0 saturated heterocycles. The molecule has 0 fully saturated rings. The first-order valence-electron chi connectivity index (χ1n) is 5.65. The highest BCUT2D eigenvalue weighted by Gasteiger charge is 2.07. The molecule has 20 heavy (non-hydrogen) atoms. The number of rotatable bonds is 4. The largest absolute Gasteiger partial charge is 0.487 e. The van der Waals surface area contributed by atoms with Crippen molar-refractivity contribution in [1.29, 1.82) is 0 Å². The number of pyridine rings is 1. The maximum absolute atomic E-state index is 13.2. The molecule has 1 aromatic heterocycles. The highest BCUT2D eigenvalue weighted by Crippen LogP contribution is 2.21. The molecule has 0 atom stereocenters. The normalized spacial score (nSPS) is 10.2. The van der Waals surface area contributed by atoms with Crippen molar-refractivity contribution in [3.05, 3.63) is 58.6 Å². The Morgan fingerprint density at radius 2 is 2.20 bits per heavy atom. The number of carbonyl (C=O) groups is 1. The molecular formula is C13H11ClFN3O2. The van der Waals surface area contributed by atoms with E-state index in [1.807, 2.05) is 5.43 Å². The van der Waals surface area contributed by atoms with Crippen LogP contribution in [0.25, 0.3) is 0 Å². The topological polar surface area (TPSA) is 77.2 Å². The first kappa shape index (κ1) is 14.2. The summed E-state index contributed by atoms with van der Waals surface area (Å²) in [7, 11) is 0. The average molecular weight is 296 g/mol. The van der Waals surface area contributed by atoms with Gasteiger partial charge < -0.3 is 4.74 Å². The van der Waals surface area contributed by atoms with Crippen LogP contribution >= 0.6 is 11.6 Å². The van der Waals surface area contributed by atoms with Crippen LogP contribution in [-0.2, 0) is 6.61 Å². The smallest absolute Gasteiger partial charge is 0.283 e. The van der Waals surface area contributed by atoms with Gasteiger partial charge in [-0.25, -0.2) is 15.2 Å². The SMILES string of the molecule is NNC(=O)c1cccc(COc2ccc(Cl)c(F)c2)n1. The number of nitrogen functional groups attached to an aromatic ring is 1. The molecule has 3 N–H and O–H groups in total. The van der Waals surface area contributed by atoms with Crippen molar-refractivity contribution in [3.63, 3.8) is 0 Å². The molecule has 0 saturated carbocycles. The van der Waals surface area contributed by atoms with Gasteiger partial charge in [-0.05, 0) is 24.3 Å². The van der Waals surface area contributed by atoms with Crippen molar-refractivity contribution < 1.29 is 13.9 Å². The Bertz CT molecular complexity index is 637. The second kappa shape index (κ2) is 6.31. The van der Waals surface area contributed by atoms with Gasteiger partial charge in [0, 0.05) is 6.07 Å². The van der Waals surface area contributed by atoms with Crippen LogP contribution in [0.5, 0.6) is 5.75 Å². The summed E-state index contributed by atoms with van der Waals surface area (Å²) in [6.07, 6.45) is 0. The highest BCUT2D eigenvalue weighted by atomic mass is 35.5. The molecule has 0 bridgehead atoms. The molecule has 1 amide bonds. The molecule has 0 unspecified atom stereocenters. The van der Waals surface area contributed by atoms with Crippen molar-refractivity contribution in [2.45, 2.75) is 6.61 Å². The average Bonchev–Trinajstić information content (AvgIpc) is 2.48. The van der Waals surface area contributed by atoms with Gasteiger partial charge >= 0.3 is 0 Å². The minimum absolute atomic E-state index is 0.0251. The van der Waals surface area contributed by atoms with Gasteiger partial charge in [-0.1, -0.05) is 17.7 Å². The fraction of sp³-hybridized carbons (Fsp3) is 0.0769. The van der Waals surface area contributed by atoms with Crippen molar-refractivity contribution in [1.82, 2.24) is 10.4 Å². The maximum Gasteiger partial charge on any atom is 0.283 e. The zero-order valence-corrected chi connectivity index (χ0v) is 11.0. The Balaban J connectivity index is 2.07. The quantitative estimate of drug-likeness (QED) is 0.514. The van der Waals surface area contributed by atoms with Gasteiger partial charge in [0.15, 0.2) is 0 Å². The van der Waals surface area contributed by atoms with E-state index in [1.54, 1.807) is 18.2 Å². The number of aromatic nitrogens is 1. The van der Waals surface area contributed by atoms with E-state index in [0.717, 1.165) is 0 Å². The van der Waals surface area contributed by atoms with E-state index in [2.05, 4.69) is 4.98 Å². The molecule has 2 rings (SSSR count). The van der Waals surface area contributed by atoms with E-state index in [1.165, 1.54) is 18.2 Å². The van der Waals surface area contributed by atoms with Crippen molar-refractivity contribution in [3.8, 4) is 5.75 Å². The lowest BCUT2D eigenvalue weighted by molar-refractivity contribution is 0.0948. The van der Waals surface area contributed by atoms with E-state index < -0.39 is 11.7 Å². The Kier molecular flexibility index (Phi) is 4.49. The van der Waals surface area contributed by atoms with Gasteiger partial charge in [0.05, 0.1) is 10.7 Å². The number of nitrogens with zero attached hydrogens (tertiary/aromatic N) is 1. The van der Waals surface area contributed by atoms with Gasteiger partial charge in [0.2, 0.25) is 0 Å². The number of ether oxygens (including phenoxy) is 1. The standard InChI is InChI=1S/C13H11ClFN3O2/c14-10-5-4-9(6-11(10)15)20-7-8-2-1-3-12(17-8)13(19)18-16/h1-6H,7,16H2,(H,18,19). The molecule has 104 valence electrons. The molecule has 0 spiro atoms. The lowest BCUT2D eigenvalue weighted by Crippen LogP contribution is -2.30. The summed E-state index contributed by atoms with van der Waals surface area (Å²) < 4.78 is 18.6. The molecule has 1 aromatic carbocycles. The summed E-state index contributed by atoms with van der Waals surface area (Å²) in [6, 6.07) is 8.98. The number of nitrogens with two attached hydrogens (primary N) is 1. The van der Waals surface area contributed by atoms with Gasteiger partial charge in [-0.15, -0.1) is 0 Å². The minimum atomic E-state index is -0.562. The Labute approximate surface area is 119 Å². The first-order valence-corrected chi connectivity index (χ1v) is 6.02. The number of nitrogens with one attached hydrogen (secondary N) is 1. The Morgan fingerprint density at radius 3 is 2.90 bits per heavy atom.